The van der Waals surface area contributed by atoms with Crippen molar-refractivity contribution >= 4 is 0 Å². The Morgan fingerprint density at radius 2 is 1.91 bits per heavy atom. The molecule has 2 rings (SSSR count). The zero-order valence-electron chi connectivity index (χ0n) is 8.47. The molecule has 2 heterocycles. The topological polar surface area (TPSA) is 3.24 Å². The summed E-state index contributed by atoms with van der Waals surface area (Å²) in [6.45, 7) is 3.27. The Morgan fingerprint density at radius 1 is 1.18 bits per heavy atom. The maximum absolute atomic E-state index is 8.22. The molecule has 0 aliphatic carbocycles. The Morgan fingerprint density at radius 3 is 2.82 bits per heavy atom. The molecule has 0 aromatic carbocycles. The summed E-state index contributed by atoms with van der Waals surface area (Å²) >= 11 is 0. The van der Waals surface area contributed by atoms with E-state index in [0.717, 1.165) is 12.5 Å². The van der Waals surface area contributed by atoms with Crippen LogP contribution >= 0.6 is 0 Å². The maximum Gasteiger partial charge on any atom is 0.0464 e. The molecule has 2 fully saturated rings. The van der Waals surface area contributed by atoms with E-state index in [1.54, 1.807) is 0 Å². The van der Waals surface area contributed by atoms with E-state index in [2.05, 4.69) is 11.8 Å². The van der Waals surface area contributed by atoms with Crippen LogP contribution in [0, 0.1) is 0 Å². The van der Waals surface area contributed by atoms with E-state index in [1.807, 2.05) is 0 Å². The Balaban J connectivity index is 2.13. The molecule has 0 N–H and O–H groups in total. The molecule has 1 nitrogen and oxygen atoms in total. The zero-order valence-corrected chi connectivity index (χ0v) is 7.47. The van der Waals surface area contributed by atoms with Crippen LogP contribution in [-0.2, 0) is 0 Å². The minimum Gasteiger partial charge on any atom is -0.298 e. The second-order valence-electron chi connectivity index (χ2n) is 3.97. The minimum atomic E-state index is -0.252. The average molecular weight is 154 g/mol. The van der Waals surface area contributed by atoms with Crippen LogP contribution < -0.4 is 0 Å². The predicted molar refractivity (Wildman–Crippen MR) is 47.7 cm³/mol. The third kappa shape index (κ3) is 1.44. The summed E-state index contributed by atoms with van der Waals surface area (Å²) in [6, 6.07) is 0.493. The van der Waals surface area contributed by atoms with Crippen molar-refractivity contribution in [2.45, 2.75) is 57.5 Å². The molecule has 0 aromatic rings. The quantitative estimate of drug-likeness (QED) is 0.518. The van der Waals surface area contributed by atoms with Gasteiger partial charge in [-0.1, -0.05) is 12.8 Å². The fourth-order valence-corrected chi connectivity index (χ4v) is 2.54. The first-order valence-corrected chi connectivity index (χ1v) is 4.97. The molecule has 2 atom stereocenters. The molecule has 0 aromatic heterocycles. The van der Waals surface area contributed by atoms with Crippen LogP contribution in [-0.4, -0.2) is 23.5 Å². The monoisotopic (exact) mass is 154 g/mol. The van der Waals surface area contributed by atoms with Gasteiger partial charge in [-0.3, -0.25) is 4.90 Å². The summed E-state index contributed by atoms with van der Waals surface area (Å²) in [5, 5.41) is 0. The highest BCUT2D eigenvalue weighted by atomic mass is 15.2. The molecule has 0 spiro atoms. The van der Waals surface area contributed by atoms with E-state index in [9.17, 15) is 0 Å². The van der Waals surface area contributed by atoms with Gasteiger partial charge in [-0.05, 0) is 39.2 Å². The smallest absolute Gasteiger partial charge is 0.0464 e. The van der Waals surface area contributed by atoms with Crippen LogP contribution in [0.2, 0.25) is 0 Å². The van der Waals surface area contributed by atoms with Crippen LogP contribution in [0.25, 0.3) is 0 Å². The van der Waals surface area contributed by atoms with E-state index in [-0.39, 0.29) is 6.02 Å². The molecule has 0 unspecified atom stereocenters. The van der Waals surface area contributed by atoms with E-state index in [4.69, 9.17) is 1.37 Å². The molecule has 2 saturated heterocycles. The summed E-state index contributed by atoms with van der Waals surface area (Å²) in [5.74, 6) is 0. The van der Waals surface area contributed by atoms with Gasteiger partial charge in [-0.25, -0.2) is 0 Å². The highest BCUT2D eigenvalue weighted by Gasteiger charge is 2.29. The molecule has 2 aliphatic heterocycles. The largest absolute Gasteiger partial charge is 0.298 e. The maximum atomic E-state index is 8.22. The van der Waals surface area contributed by atoms with Crippen molar-refractivity contribution in [2.24, 2.45) is 0 Å². The third-order valence-electron chi connectivity index (χ3n) is 3.19. The summed E-state index contributed by atoms with van der Waals surface area (Å²) in [7, 11) is 0. The standard InChI is InChI=1S/C10H19N/c1-9-5-2-3-6-10-7-4-8-11(9)10/h9-10H,2-8H2,1H3/t9-,10-/m0/s1/i9D. The SMILES string of the molecule is [2H][C@]1(C)CCCC[C@H]2CCCN21. The molecular formula is C10H19N. The van der Waals surface area contributed by atoms with Gasteiger partial charge < -0.3 is 0 Å². The normalized spacial score (nSPS) is 48.1. The van der Waals surface area contributed by atoms with Crippen molar-refractivity contribution < 1.29 is 1.37 Å². The molecule has 0 saturated carbocycles. The number of hydrogen-bond acceptors (Lipinski definition) is 1. The number of fused-ring (bicyclic) bond motifs is 1. The lowest BCUT2D eigenvalue weighted by atomic mass is 10.1. The zero-order chi connectivity index (χ0) is 8.60. The van der Waals surface area contributed by atoms with Gasteiger partial charge in [-0.2, -0.15) is 0 Å². The Bertz CT molecular complexity index is 167. The fraction of sp³-hybridized carbons (Fsp3) is 1.00. The Labute approximate surface area is 71.2 Å². The predicted octanol–water partition coefficient (Wildman–Crippen LogP) is 2.41. The highest BCUT2D eigenvalue weighted by Crippen LogP contribution is 2.29. The molecule has 0 bridgehead atoms. The molecule has 1 heteroatoms. The Hall–Kier alpha value is -0.0400. The molecular weight excluding hydrogens is 134 g/mol. The fourth-order valence-electron chi connectivity index (χ4n) is 2.54. The molecule has 11 heavy (non-hydrogen) atoms. The first-order chi connectivity index (χ1) is 5.70. The van der Waals surface area contributed by atoms with Crippen LogP contribution in [0.1, 0.15) is 46.8 Å². The van der Waals surface area contributed by atoms with Crippen molar-refractivity contribution in [3.05, 3.63) is 0 Å². The number of rotatable bonds is 0. The van der Waals surface area contributed by atoms with Gasteiger partial charge in [0.05, 0.1) is 0 Å². The molecule has 0 amide bonds. The van der Waals surface area contributed by atoms with Crippen molar-refractivity contribution in [2.75, 3.05) is 6.54 Å². The van der Waals surface area contributed by atoms with Crippen LogP contribution in [0.3, 0.4) is 0 Å². The average Bonchev–Trinajstić information content (AvgIpc) is 2.42. The molecule has 0 radical (unpaired) electrons. The summed E-state index contributed by atoms with van der Waals surface area (Å²) in [6.07, 6.45) is 7.67. The van der Waals surface area contributed by atoms with Crippen LogP contribution in [0.5, 0.6) is 0 Å². The summed E-state index contributed by atoms with van der Waals surface area (Å²) < 4.78 is 8.22. The first kappa shape index (κ1) is 6.47. The van der Waals surface area contributed by atoms with Gasteiger partial charge in [0.25, 0.3) is 0 Å². The summed E-state index contributed by atoms with van der Waals surface area (Å²) in [5.41, 5.74) is 0. The molecule has 64 valence electrons. The van der Waals surface area contributed by atoms with E-state index in [1.165, 1.54) is 38.6 Å². The lowest BCUT2D eigenvalue weighted by Gasteiger charge is -2.27. The van der Waals surface area contributed by atoms with E-state index in [0.29, 0.717) is 0 Å². The lowest BCUT2D eigenvalue weighted by molar-refractivity contribution is 0.194. The van der Waals surface area contributed by atoms with Crippen molar-refractivity contribution in [1.82, 2.24) is 4.90 Å². The second kappa shape index (κ2) is 3.14. The lowest BCUT2D eigenvalue weighted by Crippen LogP contribution is -2.35. The second-order valence-corrected chi connectivity index (χ2v) is 3.97. The molecule has 2 aliphatic rings. The van der Waals surface area contributed by atoms with Gasteiger partial charge >= 0.3 is 0 Å². The van der Waals surface area contributed by atoms with Gasteiger partial charge in [0.15, 0.2) is 0 Å². The van der Waals surface area contributed by atoms with Gasteiger partial charge in [0, 0.05) is 13.4 Å². The summed E-state index contributed by atoms with van der Waals surface area (Å²) in [4.78, 5) is 2.43. The van der Waals surface area contributed by atoms with Crippen LogP contribution in [0.4, 0.5) is 0 Å². The van der Waals surface area contributed by atoms with E-state index >= 15 is 0 Å². The number of nitrogens with zero attached hydrogens (tertiary/aromatic N) is 1. The third-order valence-corrected chi connectivity index (χ3v) is 3.19. The minimum absolute atomic E-state index is 0.252. The highest BCUT2D eigenvalue weighted by molar-refractivity contribution is 4.85. The van der Waals surface area contributed by atoms with Crippen molar-refractivity contribution in [1.29, 1.82) is 0 Å². The number of hydrogen-bond donors (Lipinski definition) is 0. The van der Waals surface area contributed by atoms with Gasteiger partial charge in [-0.15, -0.1) is 0 Å². The van der Waals surface area contributed by atoms with Gasteiger partial charge in [0.1, 0.15) is 0 Å². The van der Waals surface area contributed by atoms with E-state index < -0.39 is 0 Å². The van der Waals surface area contributed by atoms with Crippen molar-refractivity contribution in [3.63, 3.8) is 0 Å². The Kier molecular flexibility index (Phi) is 1.85. The van der Waals surface area contributed by atoms with Gasteiger partial charge in [0.2, 0.25) is 0 Å². The van der Waals surface area contributed by atoms with Crippen molar-refractivity contribution in [3.8, 4) is 0 Å². The van der Waals surface area contributed by atoms with Crippen LogP contribution in [0.15, 0.2) is 0 Å². The first-order valence-electron chi connectivity index (χ1n) is 5.47.